The highest BCUT2D eigenvalue weighted by atomic mass is 30.3. The first kappa shape index (κ1) is 43.0. The second-order valence-electron chi connectivity index (χ2n) is 20.4. The maximum atomic E-state index is 8.95. The van der Waals surface area contributed by atoms with E-state index in [-0.39, 0.29) is 0 Å². The van der Waals surface area contributed by atoms with Crippen molar-refractivity contribution >= 4 is 59.3 Å². The Bertz CT molecular complexity index is 1020. The third-order valence-electron chi connectivity index (χ3n) is 15.6. The summed E-state index contributed by atoms with van der Waals surface area (Å²) in [6.07, 6.45) is 0. The monoisotopic (exact) mass is 788 g/mol. The summed E-state index contributed by atoms with van der Waals surface area (Å²) < 4.78 is 26.7. The number of hydrogen-bond donors (Lipinski definition) is 0. The van der Waals surface area contributed by atoms with Crippen molar-refractivity contribution in [1.82, 2.24) is 0 Å². The van der Waals surface area contributed by atoms with Gasteiger partial charge in [0.1, 0.15) is 13.3 Å². The van der Waals surface area contributed by atoms with E-state index in [0.29, 0.717) is 44.3 Å². The zero-order chi connectivity index (χ0) is 37.0. The van der Waals surface area contributed by atoms with Gasteiger partial charge in [-0.05, 0) is 33.2 Å². The van der Waals surface area contributed by atoms with Gasteiger partial charge in [-0.3, -0.25) is 0 Å². The molecular formula is C36H84O3Si8. The Labute approximate surface area is 302 Å². The number of hydrogen-bond acceptors (Lipinski definition) is 3. The topological polar surface area (TPSA) is 27.7 Å². The van der Waals surface area contributed by atoms with Gasteiger partial charge in [-0.25, -0.2) is 0 Å². The van der Waals surface area contributed by atoms with E-state index in [4.69, 9.17) is 12.3 Å². The molecule has 3 aliphatic rings. The summed E-state index contributed by atoms with van der Waals surface area (Å²) in [6.45, 7) is 60.2. The third-order valence-corrected chi connectivity index (χ3v) is 192. The Kier molecular flexibility index (Phi) is 12.1. The maximum Gasteiger partial charge on any atom is 0.294 e. The van der Waals surface area contributed by atoms with Crippen LogP contribution in [0.5, 0.6) is 0 Å². The lowest BCUT2D eigenvalue weighted by molar-refractivity contribution is 0.322. The first-order valence-electron chi connectivity index (χ1n) is 20.3. The minimum absolute atomic E-state index is 0.494. The van der Waals surface area contributed by atoms with Crippen LogP contribution in [-0.2, 0) is 12.3 Å². The van der Waals surface area contributed by atoms with E-state index in [9.17, 15) is 0 Å². The van der Waals surface area contributed by atoms with E-state index < -0.39 is 59.3 Å². The summed E-state index contributed by atoms with van der Waals surface area (Å²) >= 11 is 0. The largest absolute Gasteiger partial charge is 0.440 e. The van der Waals surface area contributed by atoms with Crippen LogP contribution >= 0.6 is 0 Å². The Morgan fingerprint density at radius 2 is 0.447 bits per heavy atom. The van der Waals surface area contributed by atoms with Gasteiger partial charge < -0.3 is 12.3 Å². The molecule has 3 fully saturated rings. The molecule has 3 rings (SSSR count). The molecule has 0 aromatic heterocycles. The van der Waals surface area contributed by atoms with Crippen LogP contribution in [0.25, 0.3) is 0 Å². The Morgan fingerprint density at radius 3 is 0.574 bits per heavy atom. The normalized spacial score (nSPS) is 34.5. The van der Waals surface area contributed by atoms with Crippen molar-refractivity contribution in [3.05, 3.63) is 0 Å². The van der Waals surface area contributed by atoms with Crippen LogP contribution in [0.1, 0.15) is 166 Å². The molecule has 4 unspecified atom stereocenters. The summed E-state index contributed by atoms with van der Waals surface area (Å²) in [5, 5.41) is 0. The van der Waals surface area contributed by atoms with E-state index in [1.807, 2.05) is 0 Å². The molecule has 3 saturated heterocycles. The lowest BCUT2D eigenvalue weighted by Gasteiger charge is -2.69. The lowest BCUT2D eigenvalue weighted by Crippen LogP contribution is -2.99. The molecule has 3 aliphatic heterocycles. The molecule has 0 aromatic rings. The van der Waals surface area contributed by atoms with Gasteiger partial charge in [-0.15, -0.1) is 0 Å². The van der Waals surface area contributed by atoms with E-state index in [1.165, 1.54) is 0 Å². The molecular weight excluding hydrogens is 705 g/mol. The molecule has 0 aromatic carbocycles. The van der Waals surface area contributed by atoms with Crippen LogP contribution in [0.15, 0.2) is 0 Å². The van der Waals surface area contributed by atoms with Crippen LogP contribution in [0, 0.1) is 0 Å². The Morgan fingerprint density at radius 1 is 0.234 bits per heavy atom. The minimum Gasteiger partial charge on any atom is -0.440 e. The Hall–Kier alpha value is 1.62. The maximum absolute atomic E-state index is 8.95. The predicted molar refractivity (Wildman–Crippen MR) is 230 cm³/mol. The van der Waals surface area contributed by atoms with Gasteiger partial charge in [0.2, 0.25) is 0 Å². The van der Waals surface area contributed by atoms with Crippen LogP contribution in [0.3, 0.4) is 0 Å². The summed E-state index contributed by atoms with van der Waals surface area (Å²) in [4.78, 5) is 0. The van der Waals surface area contributed by atoms with Gasteiger partial charge in [-0.2, -0.15) is 0 Å². The summed E-state index contributed by atoms with van der Waals surface area (Å²) in [5.41, 5.74) is 7.82. The molecule has 278 valence electrons. The molecule has 3 heterocycles. The van der Waals surface area contributed by atoms with Crippen molar-refractivity contribution in [2.75, 3.05) is 0 Å². The molecule has 0 spiro atoms. The average Bonchev–Trinajstić information content (AvgIpc) is 3.40. The fourth-order valence-corrected chi connectivity index (χ4v) is 362. The van der Waals surface area contributed by atoms with Gasteiger partial charge in [-0.1, -0.05) is 199 Å². The second-order valence-corrected chi connectivity index (χ2v) is 94.3. The Balaban J connectivity index is 3.10. The van der Waals surface area contributed by atoms with E-state index in [1.54, 1.807) is 0 Å². The molecule has 47 heavy (non-hydrogen) atoms. The molecule has 11 heteroatoms. The summed E-state index contributed by atoms with van der Waals surface area (Å²) in [7, 11) is -14.7. The highest BCUT2D eigenvalue weighted by Gasteiger charge is 3.06. The third kappa shape index (κ3) is 4.14. The van der Waals surface area contributed by atoms with Gasteiger partial charge in [0.25, 0.3) is 16.2 Å². The summed E-state index contributed by atoms with van der Waals surface area (Å²) in [5.74, 6) is 0. The molecule has 0 aliphatic carbocycles. The molecule has 3 nitrogen and oxygen atoms in total. The fraction of sp³-hybridized carbons (Fsp3) is 1.00. The van der Waals surface area contributed by atoms with E-state index >= 15 is 0 Å². The zero-order valence-electron chi connectivity index (χ0n) is 36.2. The van der Waals surface area contributed by atoms with Crippen molar-refractivity contribution in [2.45, 2.75) is 233 Å². The molecule has 0 amide bonds. The molecule has 0 bridgehead atoms. The molecule has 0 radical (unpaired) electrons. The van der Waals surface area contributed by atoms with Crippen LogP contribution in [0.4, 0.5) is 0 Å². The van der Waals surface area contributed by atoms with Crippen molar-refractivity contribution < 1.29 is 12.3 Å². The van der Waals surface area contributed by atoms with Gasteiger partial charge in [0.05, 0.1) is 14.2 Å². The fourth-order valence-electron chi connectivity index (χ4n) is 16.4. The second kappa shape index (κ2) is 13.2. The zero-order valence-corrected chi connectivity index (χ0v) is 44.2. The SMILES string of the molecule is CC(C)[Si]12O[Si]3(C(C)C)O[Si](C(C)C)(C(C)C)[Si](C(C)C)(C(C)C)[Si]3(C(C)C)[Si]1(C(C)C)[Si](C(C)C)(C(C)C)[Si](C(C)C)(C(C)C)O2. The van der Waals surface area contributed by atoms with Gasteiger partial charge in [0.15, 0.2) is 15.7 Å². The number of rotatable bonds is 12. The van der Waals surface area contributed by atoms with Gasteiger partial charge in [0, 0.05) is 0 Å². The minimum atomic E-state index is -2.77. The van der Waals surface area contributed by atoms with Crippen LogP contribution in [0.2, 0.25) is 66.5 Å². The first-order chi connectivity index (χ1) is 21.2. The highest BCUT2D eigenvalue weighted by Crippen LogP contribution is 2.80. The lowest BCUT2D eigenvalue weighted by atomic mass is 10.5. The van der Waals surface area contributed by atoms with E-state index in [2.05, 4.69) is 166 Å². The molecule has 4 atom stereocenters. The highest BCUT2D eigenvalue weighted by molar-refractivity contribution is 8.21. The standard InChI is InChI=1S/C36H84O3Si8/c1-25(2)40(26(3)4)37-44(33(17)18)39-45(34(19)20)38-41(27(5)6,28(7)8)43(31(13)14,32(15)16)47(45,36(23)24)46(44,35(21)22)42(40,29(9)10)30(11)12/h25-36H,1-24H3. The molecule has 0 saturated carbocycles. The first-order valence-corrected chi connectivity index (χ1v) is 43.7. The van der Waals surface area contributed by atoms with Crippen molar-refractivity contribution in [3.8, 4) is 0 Å². The van der Waals surface area contributed by atoms with Crippen molar-refractivity contribution in [2.24, 2.45) is 0 Å². The quantitative estimate of drug-likeness (QED) is 0.184. The summed E-state index contributed by atoms with van der Waals surface area (Å²) in [6, 6.07) is 0. The number of fused-ring (bicyclic) bond motifs is 3. The van der Waals surface area contributed by atoms with Crippen molar-refractivity contribution in [1.29, 1.82) is 0 Å². The van der Waals surface area contributed by atoms with Gasteiger partial charge >= 0.3 is 0 Å². The van der Waals surface area contributed by atoms with Crippen molar-refractivity contribution in [3.63, 3.8) is 0 Å². The van der Waals surface area contributed by atoms with E-state index in [0.717, 1.165) is 22.2 Å². The van der Waals surface area contributed by atoms with Crippen LogP contribution < -0.4 is 0 Å². The predicted octanol–water partition coefficient (Wildman–Crippen LogP) is 13.1. The van der Waals surface area contributed by atoms with Crippen LogP contribution in [-0.4, -0.2) is 59.3 Å². The molecule has 0 N–H and O–H groups in total. The average molecular weight is 790 g/mol. The smallest absolute Gasteiger partial charge is 0.294 e.